The molecular weight excluding hydrogens is 282 g/mol. The van der Waals surface area contributed by atoms with Gasteiger partial charge in [0.25, 0.3) is 0 Å². The van der Waals surface area contributed by atoms with Crippen LogP contribution in [0.5, 0.6) is 0 Å². The van der Waals surface area contributed by atoms with Crippen molar-refractivity contribution in [1.29, 1.82) is 0 Å². The Labute approximate surface area is 141 Å². The summed E-state index contributed by atoms with van der Waals surface area (Å²) in [6.45, 7) is 13.3. The first-order valence-corrected chi connectivity index (χ1v) is 8.90. The van der Waals surface area contributed by atoms with Crippen LogP contribution in [0.25, 0.3) is 0 Å². The van der Waals surface area contributed by atoms with Crippen molar-refractivity contribution in [2.24, 2.45) is 0 Å². The summed E-state index contributed by atoms with van der Waals surface area (Å²) in [7, 11) is 0. The fraction of sp³-hybridized carbons (Fsp3) is 0.600. The number of rotatable bonds is 7. The molecule has 3 heteroatoms. The molecule has 0 radical (unpaired) electrons. The van der Waals surface area contributed by atoms with Crippen LogP contribution < -0.4 is 0 Å². The molecule has 3 nitrogen and oxygen atoms in total. The Morgan fingerprint density at radius 2 is 1.39 bits per heavy atom. The lowest BCUT2D eigenvalue weighted by Crippen LogP contribution is -2.01. The van der Waals surface area contributed by atoms with Crippen LogP contribution in [-0.4, -0.2) is 15.0 Å². The Morgan fingerprint density at radius 1 is 0.826 bits per heavy atom. The first-order valence-electron chi connectivity index (χ1n) is 8.90. The van der Waals surface area contributed by atoms with Gasteiger partial charge >= 0.3 is 0 Å². The second-order valence-corrected chi connectivity index (χ2v) is 7.42. The van der Waals surface area contributed by atoms with Crippen molar-refractivity contribution < 1.29 is 0 Å². The molecule has 2 rings (SSSR count). The zero-order valence-electron chi connectivity index (χ0n) is 15.5. The molecule has 0 N–H and O–H groups in total. The lowest BCUT2D eigenvalue weighted by molar-refractivity contribution is 0.514. The summed E-state index contributed by atoms with van der Waals surface area (Å²) in [5.41, 5.74) is 3.97. The van der Waals surface area contributed by atoms with E-state index in [4.69, 9.17) is 0 Å². The standard InChI is InChI=1S/C20H31N3/c1-14(2)18-9-11-19(12-10-18)16(5)7-8-17(6)20-13-23(15(3)4)22-21-20/h9-17H,7-8H2,1-6H3/t16?,17-/m1/s1. The van der Waals surface area contributed by atoms with Gasteiger partial charge in [0.15, 0.2) is 0 Å². The molecule has 1 aromatic heterocycles. The van der Waals surface area contributed by atoms with Gasteiger partial charge in [0.1, 0.15) is 0 Å². The second-order valence-electron chi connectivity index (χ2n) is 7.42. The van der Waals surface area contributed by atoms with Gasteiger partial charge in [-0.05, 0) is 49.7 Å². The Balaban J connectivity index is 1.91. The van der Waals surface area contributed by atoms with Crippen LogP contribution in [0.4, 0.5) is 0 Å². The predicted octanol–water partition coefficient (Wildman–Crippen LogP) is 5.67. The van der Waals surface area contributed by atoms with Crippen LogP contribution in [-0.2, 0) is 0 Å². The summed E-state index contributed by atoms with van der Waals surface area (Å²) in [6, 6.07) is 9.50. The smallest absolute Gasteiger partial charge is 0.0855 e. The van der Waals surface area contributed by atoms with Crippen molar-refractivity contribution >= 4 is 0 Å². The zero-order valence-corrected chi connectivity index (χ0v) is 15.5. The maximum Gasteiger partial charge on any atom is 0.0855 e. The van der Waals surface area contributed by atoms with E-state index in [9.17, 15) is 0 Å². The fourth-order valence-corrected chi connectivity index (χ4v) is 2.79. The molecule has 1 aromatic carbocycles. The quantitative estimate of drug-likeness (QED) is 0.659. The molecule has 1 unspecified atom stereocenters. The molecule has 2 aromatic rings. The number of hydrogen-bond donors (Lipinski definition) is 0. The zero-order chi connectivity index (χ0) is 17.0. The molecule has 23 heavy (non-hydrogen) atoms. The molecule has 0 spiro atoms. The largest absolute Gasteiger partial charge is 0.250 e. The Bertz CT molecular complexity index is 596. The maximum absolute atomic E-state index is 4.33. The monoisotopic (exact) mass is 313 g/mol. The molecule has 2 atom stereocenters. The second kappa shape index (κ2) is 7.76. The van der Waals surface area contributed by atoms with Gasteiger partial charge in [-0.15, -0.1) is 5.10 Å². The lowest BCUT2D eigenvalue weighted by Gasteiger charge is -2.15. The highest BCUT2D eigenvalue weighted by atomic mass is 15.4. The molecule has 1 heterocycles. The van der Waals surface area contributed by atoms with Gasteiger partial charge in [-0.3, -0.25) is 0 Å². The SMILES string of the molecule is CC(C)c1ccc(C(C)CC[C@@H](C)c2cn(C(C)C)nn2)cc1. The Hall–Kier alpha value is -1.64. The summed E-state index contributed by atoms with van der Waals surface area (Å²) in [4.78, 5) is 0. The first-order chi connectivity index (χ1) is 10.9. The van der Waals surface area contributed by atoms with Crippen molar-refractivity contribution in [2.75, 3.05) is 0 Å². The van der Waals surface area contributed by atoms with E-state index in [0.29, 0.717) is 23.8 Å². The molecule has 126 valence electrons. The summed E-state index contributed by atoms with van der Waals surface area (Å²) in [5, 5.41) is 8.55. The van der Waals surface area contributed by atoms with Crippen molar-refractivity contribution in [1.82, 2.24) is 15.0 Å². The predicted molar refractivity (Wildman–Crippen MR) is 97.0 cm³/mol. The average molecular weight is 313 g/mol. The maximum atomic E-state index is 4.33. The van der Waals surface area contributed by atoms with Crippen molar-refractivity contribution in [3.05, 3.63) is 47.3 Å². The van der Waals surface area contributed by atoms with Crippen LogP contribution in [0.15, 0.2) is 30.5 Å². The fourth-order valence-electron chi connectivity index (χ4n) is 2.79. The molecule has 0 aliphatic heterocycles. The minimum absolute atomic E-state index is 0.377. The molecule has 0 aliphatic carbocycles. The van der Waals surface area contributed by atoms with Gasteiger partial charge in [-0.25, -0.2) is 4.68 Å². The van der Waals surface area contributed by atoms with Crippen molar-refractivity contribution in [3.63, 3.8) is 0 Å². The van der Waals surface area contributed by atoms with Crippen LogP contribution >= 0.6 is 0 Å². The molecule has 0 amide bonds. The number of aromatic nitrogens is 3. The highest BCUT2D eigenvalue weighted by Crippen LogP contribution is 2.28. The van der Waals surface area contributed by atoms with E-state index < -0.39 is 0 Å². The van der Waals surface area contributed by atoms with Gasteiger partial charge in [-0.2, -0.15) is 0 Å². The lowest BCUT2D eigenvalue weighted by atomic mass is 9.90. The molecule has 0 aliphatic rings. The highest BCUT2D eigenvalue weighted by molar-refractivity contribution is 5.26. The van der Waals surface area contributed by atoms with Gasteiger partial charge in [0, 0.05) is 18.2 Å². The van der Waals surface area contributed by atoms with Crippen LogP contribution in [0, 0.1) is 0 Å². The van der Waals surface area contributed by atoms with Crippen LogP contribution in [0.3, 0.4) is 0 Å². The average Bonchev–Trinajstić information content (AvgIpc) is 3.02. The molecule has 0 fully saturated rings. The number of nitrogens with zero attached hydrogens (tertiary/aromatic N) is 3. The number of hydrogen-bond acceptors (Lipinski definition) is 2. The van der Waals surface area contributed by atoms with E-state index in [1.165, 1.54) is 17.5 Å². The van der Waals surface area contributed by atoms with E-state index >= 15 is 0 Å². The van der Waals surface area contributed by atoms with Crippen LogP contribution in [0.2, 0.25) is 0 Å². The van der Waals surface area contributed by atoms with Crippen molar-refractivity contribution in [3.8, 4) is 0 Å². The first kappa shape index (κ1) is 17.7. The molecule has 0 saturated heterocycles. The topological polar surface area (TPSA) is 30.7 Å². The third kappa shape index (κ3) is 4.66. The van der Waals surface area contributed by atoms with E-state index in [0.717, 1.165) is 12.1 Å². The van der Waals surface area contributed by atoms with Crippen molar-refractivity contribution in [2.45, 2.75) is 78.2 Å². The minimum Gasteiger partial charge on any atom is -0.250 e. The highest BCUT2D eigenvalue weighted by Gasteiger charge is 2.14. The van der Waals surface area contributed by atoms with Gasteiger partial charge in [0.2, 0.25) is 0 Å². The minimum atomic E-state index is 0.377. The third-order valence-corrected chi connectivity index (χ3v) is 4.77. The van der Waals surface area contributed by atoms with E-state index in [1.54, 1.807) is 0 Å². The molecular formula is C20H31N3. The van der Waals surface area contributed by atoms with Gasteiger partial charge in [-0.1, -0.05) is 57.2 Å². The summed E-state index contributed by atoms with van der Waals surface area (Å²) < 4.78 is 1.94. The van der Waals surface area contributed by atoms with Crippen LogP contribution in [0.1, 0.15) is 95.0 Å². The summed E-state index contributed by atoms with van der Waals surface area (Å²) in [6.07, 6.45) is 4.41. The van der Waals surface area contributed by atoms with E-state index in [-0.39, 0.29) is 0 Å². The summed E-state index contributed by atoms with van der Waals surface area (Å²) in [5.74, 6) is 1.64. The molecule has 0 bridgehead atoms. The Kier molecular flexibility index (Phi) is 5.97. The van der Waals surface area contributed by atoms with Gasteiger partial charge in [0.05, 0.1) is 5.69 Å². The summed E-state index contributed by atoms with van der Waals surface area (Å²) >= 11 is 0. The Morgan fingerprint density at radius 3 is 1.91 bits per heavy atom. The normalized spacial score (nSPS) is 14.4. The molecule has 0 saturated carbocycles. The third-order valence-electron chi connectivity index (χ3n) is 4.77. The van der Waals surface area contributed by atoms with E-state index in [1.807, 2.05) is 4.68 Å². The van der Waals surface area contributed by atoms with Gasteiger partial charge < -0.3 is 0 Å². The number of benzene rings is 1. The van der Waals surface area contributed by atoms with E-state index in [2.05, 4.69) is 82.3 Å².